The van der Waals surface area contributed by atoms with Crippen LogP contribution in [0.5, 0.6) is 0 Å². The maximum atomic E-state index is 3.42. The van der Waals surface area contributed by atoms with E-state index in [-0.39, 0.29) is 0 Å². The van der Waals surface area contributed by atoms with Gasteiger partial charge < -0.3 is 0 Å². The zero-order valence-electron chi connectivity index (χ0n) is 10.4. The molecule has 0 spiro atoms. The first-order valence-electron chi connectivity index (χ1n) is 5.55. The molecule has 1 rings (SSSR count). The zero-order chi connectivity index (χ0) is 11.5. The minimum absolute atomic E-state index is 1.07. The second kappa shape index (κ2) is 4.68. The third-order valence-electron chi connectivity index (χ3n) is 2.21. The van der Waals surface area contributed by atoms with E-state index in [9.17, 15) is 0 Å². The average Bonchev–Trinajstić information content (AvgIpc) is 2.14. The molecule has 0 aliphatic carbocycles. The van der Waals surface area contributed by atoms with Crippen LogP contribution in [0.3, 0.4) is 0 Å². The Kier molecular flexibility index (Phi) is 3.76. The van der Waals surface area contributed by atoms with E-state index in [1.807, 2.05) is 0 Å². The quantitative estimate of drug-likeness (QED) is 0.495. The Bertz CT molecular complexity index is 400. The van der Waals surface area contributed by atoms with Gasteiger partial charge in [-0.1, -0.05) is 50.2 Å². The third-order valence-corrected chi connectivity index (χ3v) is 3.09. The van der Waals surface area contributed by atoms with Gasteiger partial charge in [0, 0.05) is 5.56 Å². The molecule has 15 heavy (non-hydrogen) atoms. The predicted octanol–water partition coefficient (Wildman–Crippen LogP) is 3.79. The highest BCUT2D eigenvalue weighted by Crippen LogP contribution is 2.11. The van der Waals surface area contributed by atoms with E-state index in [1.165, 1.54) is 16.7 Å². The van der Waals surface area contributed by atoms with Crippen LogP contribution in [0, 0.1) is 18.4 Å². The fraction of sp³-hybridized carbons (Fsp3) is 0.429. The molecule has 0 aliphatic rings. The van der Waals surface area contributed by atoms with Crippen LogP contribution in [0.4, 0.5) is 0 Å². The summed E-state index contributed by atoms with van der Waals surface area (Å²) in [6.45, 7) is 11.2. The zero-order valence-corrected chi connectivity index (χ0v) is 11.4. The summed E-state index contributed by atoms with van der Waals surface area (Å²) >= 11 is 0. The van der Waals surface area contributed by atoms with Gasteiger partial charge in [0.25, 0.3) is 0 Å². The summed E-state index contributed by atoms with van der Waals surface area (Å²) in [6.07, 6.45) is 1.07. The van der Waals surface area contributed by atoms with Gasteiger partial charge in [-0.2, -0.15) is 0 Å². The molecule has 0 saturated carbocycles. The number of hydrogen-bond donors (Lipinski definition) is 0. The summed E-state index contributed by atoms with van der Waals surface area (Å²) in [5, 5.41) is 0. The van der Waals surface area contributed by atoms with Crippen LogP contribution >= 0.6 is 0 Å². The Morgan fingerprint density at radius 2 is 1.87 bits per heavy atom. The van der Waals surface area contributed by atoms with Gasteiger partial charge in [0.1, 0.15) is 8.07 Å². The van der Waals surface area contributed by atoms with Crippen LogP contribution in [0.2, 0.25) is 19.6 Å². The largest absolute Gasteiger partial charge is 0.129 e. The molecule has 0 amide bonds. The first-order valence-corrected chi connectivity index (χ1v) is 9.05. The van der Waals surface area contributed by atoms with E-state index in [4.69, 9.17) is 0 Å². The fourth-order valence-corrected chi connectivity index (χ4v) is 1.90. The van der Waals surface area contributed by atoms with Crippen molar-refractivity contribution in [3.05, 3.63) is 34.9 Å². The van der Waals surface area contributed by atoms with E-state index in [2.05, 4.69) is 63.2 Å². The molecule has 1 aromatic carbocycles. The van der Waals surface area contributed by atoms with Crippen LogP contribution in [-0.4, -0.2) is 8.07 Å². The fourth-order valence-electron chi connectivity index (χ4n) is 1.39. The molecule has 0 atom stereocenters. The molecule has 0 N–H and O–H groups in total. The smallest absolute Gasteiger partial charge is 0.127 e. The van der Waals surface area contributed by atoms with Crippen molar-refractivity contribution in [2.24, 2.45) is 0 Å². The molecule has 0 radical (unpaired) electrons. The highest BCUT2D eigenvalue weighted by Gasteiger charge is 2.07. The summed E-state index contributed by atoms with van der Waals surface area (Å²) in [5.41, 5.74) is 7.33. The number of hydrogen-bond acceptors (Lipinski definition) is 0. The number of aryl methyl sites for hydroxylation is 2. The van der Waals surface area contributed by atoms with Gasteiger partial charge in [0.15, 0.2) is 0 Å². The molecule has 80 valence electrons. The lowest BCUT2D eigenvalue weighted by Crippen LogP contribution is -2.16. The Labute approximate surface area is 94.7 Å². The summed E-state index contributed by atoms with van der Waals surface area (Å²) in [4.78, 5) is 0. The monoisotopic (exact) mass is 216 g/mol. The van der Waals surface area contributed by atoms with Crippen LogP contribution in [0.15, 0.2) is 18.2 Å². The van der Waals surface area contributed by atoms with Crippen molar-refractivity contribution >= 4 is 8.07 Å². The lowest BCUT2D eigenvalue weighted by Gasteiger charge is -2.06. The molecular weight excluding hydrogens is 196 g/mol. The molecule has 1 aromatic rings. The molecule has 0 bridgehead atoms. The van der Waals surface area contributed by atoms with Gasteiger partial charge in [0.05, 0.1) is 0 Å². The highest BCUT2D eigenvalue weighted by atomic mass is 28.3. The molecule has 0 heterocycles. The van der Waals surface area contributed by atoms with Gasteiger partial charge >= 0.3 is 0 Å². The summed E-state index contributed by atoms with van der Waals surface area (Å²) in [5.74, 6) is 3.34. The Morgan fingerprint density at radius 1 is 1.20 bits per heavy atom. The van der Waals surface area contributed by atoms with Crippen LogP contribution < -0.4 is 0 Å². The Balaban J connectivity index is 3.08. The normalized spacial score (nSPS) is 10.7. The Morgan fingerprint density at radius 3 is 2.40 bits per heavy atom. The van der Waals surface area contributed by atoms with Crippen LogP contribution in [-0.2, 0) is 6.42 Å². The maximum Gasteiger partial charge on any atom is 0.129 e. The lowest BCUT2D eigenvalue weighted by molar-refractivity contribution is 1.12. The first kappa shape index (κ1) is 12.1. The average molecular weight is 216 g/mol. The number of rotatable bonds is 1. The SMILES string of the molecule is CCc1cc(C)ccc1C#C[Si](C)(C)C. The van der Waals surface area contributed by atoms with E-state index >= 15 is 0 Å². The van der Waals surface area contributed by atoms with Gasteiger partial charge in [-0.25, -0.2) is 0 Å². The summed E-state index contributed by atoms with van der Waals surface area (Å²) in [6, 6.07) is 6.54. The number of benzene rings is 1. The van der Waals surface area contributed by atoms with E-state index < -0.39 is 8.07 Å². The van der Waals surface area contributed by atoms with Gasteiger partial charge in [0.2, 0.25) is 0 Å². The Hall–Kier alpha value is -1.00. The van der Waals surface area contributed by atoms with Crippen molar-refractivity contribution < 1.29 is 0 Å². The third kappa shape index (κ3) is 3.93. The first-order chi connectivity index (χ1) is 6.92. The second-order valence-corrected chi connectivity index (χ2v) is 9.76. The predicted molar refractivity (Wildman–Crippen MR) is 70.8 cm³/mol. The van der Waals surface area contributed by atoms with Gasteiger partial charge in [-0.05, 0) is 25.0 Å². The van der Waals surface area contributed by atoms with Crippen molar-refractivity contribution in [1.82, 2.24) is 0 Å². The van der Waals surface area contributed by atoms with Crippen molar-refractivity contribution in [3.8, 4) is 11.5 Å². The van der Waals surface area contributed by atoms with Crippen LogP contribution in [0.1, 0.15) is 23.6 Å². The molecule has 0 aromatic heterocycles. The molecular formula is C14H20Si. The van der Waals surface area contributed by atoms with E-state index in [1.54, 1.807) is 0 Å². The topological polar surface area (TPSA) is 0 Å². The minimum Gasteiger partial charge on any atom is -0.127 e. The molecule has 0 unspecified atom stereocenters. The van der Waals surface area contributed by atoms with Gasteiger partial charge in [-0.3, -0.25) is 0 Å². The molecule has 0 nitrogen and oxygen atoms in total. The van der Waals surface area contributed by atoms with Crippen molar-refractivity contribution in [3.63, 3.8) is 0 Å². The second-order valence-electron chi connectivity index (χ2n) is 5.01. The van der Waals surface area contributed by atoms with Crippen molar-refractivity contribution in [2.75, 3.05) is 0 Å². The van der Waals surface area contributed by atoms with Crippen LogP contribution in [0.25, 0.3) is 0 Å². The van der Waals surface area contributed by atoms with Crippen molar-refractivity contribution in [2.45, 2.75) is 39.9 Å². The van der Waals surface area contributed by atoms with E-state index in [0.717, 1.165) is 6.42 Å². The minimum atomic E-state index is -1.25. The van der Waals surface area contributed by atoms with E-state index in [0.29, 0.717) is 0 Å². The molecule has 0 saturated heterocycles. The summed E-state index contributed by atoms with van der Waals surface area (Å²) in [7, 11) is -1.25. The highest BCUT2D eigenvalue weighted by molar-refractivity contribution is 6.83. The maximum absolute atomic E-state index is 3.42. The molecule has 0 fully saturated rings. The standard InChI is InChI=1S/C14H20Si/c1-6-13-11-12(2)7-8-14(13)9-10-15(3,4)5/h7-8,11H,6H2,1-5H3. The molecule has 0 aliphatic heterocycles. The lowest BCUT2D eigenvalue weighted by atomic mass is 10.0. The van der Waals surface area contributed by atoms with Gasteiger partial charge in [-0.15, -0.1) is 5.54 Å². The molecule has 1 heteroatoms. The summed E-state index contributed by atoms with van der Waals surface area (Å²) < 4.78 is 0. The van der Waals surface area contributed by atoms with Crippen molar-refractivity contribution in [1.29, 1.82) is 0 Å².